The highest BCUT2D eigenvalue weighted by Gasteiger charge is 2.23. The van der Waals surface area contributed by atoms with Crippen molar-refractivity contribution in [3.63, 3.8) is 0 Å². The zero-order valence-corrected chi connectivity index (χ0v) is 12.1. The van der Waals surface area contributed by atoms with Crippen molar-refractivity contribution in [1.82, 2.24) is 10.2 Å². The summed E-state index contributed by atoms with van der Waals surface area (Å²) in [6.07, 6.45) is 2.24. The molecule has 1 aromatic rings. The van der Waals surface area contributed by atoms with Gasteiger partial charge in [-0.15, -0.1) is 0 Å². The maximum absolute atomic E-state index is 12.5. The van der Waals surface area contributed by atoms with Crippen molar-refractivity contribution < 1.29 is 14.6 Å². The molecule has 2 rings (SSSR count). The third-order valence-electron chi connectivity index (χ3n) is 3.71. The smallest absolute Gasteiger partial charge is 0.257 e. The Labute approximate surface area is 119 Å². The highest BCUT2D eigenvalue weighted by Crippen LogP contribution is 2.24. The molecule has 20 heavy (non-hydrogen) atoms. The van der Waals surface area contributed by atoms with Gasteiger partial charge in [0, 0.05) is 19.1 Å². The molecule has 5 nitrogen and oxygen atoms in total. The minimum atomic E-state index is -0.155. The molecule has 0 spiro atoms. The minimum absolute atomic E-state index is 0.00590. The molecule has 1 atom stereocenters. The first-order chi connectivity index (χ1) is 9.65. The Morgan fingerprint density at radius 2 is 2.35 bits per heavy atom. The molecule has 1 aromatic carbocycles. The Morgan fingerprint density at radius 1 is 1.55 bits per heavy atom. The van der Waals surface area contributed by atoms with Gasteiger partial charge in [-0.1, -0.05) is 0 Å². The summed E-state index contributed by atoms with van der Waals surface area (Å²) in [5.74, 6) is 0.410. The summed E-state index contributed by atoms with van der Waals surface area (Å²) in [4.78, 5) is 14.3. The standard InChI is InChI=1S/C15H22N2O3/c1-3-17(10-11-5-4-8-16-11)15(19)13-9-12(20-2)6-7-14(13)18/h6-7,9,11,16,18H,3-5,8,10H2,1-2H3. The van der Waals surface area contributed by atoms with E-state index in [9.17, 15) is 9.90 Å². The first kappa shape index (κ1) is 14.7. The monoisotopic (exact) mass is 278 g/mol. The average molecular weight is 278 g/mol. The van der Waals surface area contributed by atoms with Gasteiger partial charge in [0.05, 0.1) is 12.7 Å². The zero-order chi connectivity index (χ0) is 14.5. The minimum Gasteiger partial charge on any atom is -0.507 e. The number of methoxy groups -OCH3 is 1. The molecular weight excluding hydrogens is 256 g/mol. The molecule has 0 radical (unpaired) electrons. The van der Waals surface area contributed by atoms with Crippen LogP contribution in [0.25, 0.3) is 0 Å². The molecule has 0 aliphatic carbocycles. The summed E-state index contributed by atoms with van der Waals surface area (Å²) < 4.78 is 5.11. The maximum atomic E-state index is 12.5. The average Bonchev–Trinajstić information content (AvgIpc) is 2.97. The topological polar surface area (TPSA) is 61.8 Å². The lowest BCUT2D eigenvalue weighted by molar-refractivity contribution is 0.0748. The number of carbonyl (C=O) groups is 1. The largest absolute Gasteiger partial charge is 0.507 e. The molecule has 0 saturated carbocycles. The van der Waals surface area contributed by atoms with E-state index in [2.05, 4.69) is 5.32 Å². The van der Waals surface area contributed by atoms with Gasteiger partial charge in [0.1, 0.15) is 11.5 Å². The molecule has 1 amide bonds. The summed E-state index contributed by atoms with van der Waals surface area (Å²) in [6, 6.07) is 5.07. The second kappa shape index (κ2) is 6.61. The lowest BCUT2D eigenvalue weighted by Crippen LogP contribution is -2.41. The first-order valence-electron chi connectivity index (χ1n) is 7.05. The number of benzene rings is 1. The Hall–Kier alpha value is -1.75. The van der Waals surface area contributed by atoms with Crippen molar-refractivity contribution in [2.45, 2.75) is 25.8 Å². The van der Waals surface area contributed by atoms with E-state index in [1.807, 2.05) is 6.92 Å². The Morgan fingerprint density at radius 3 is 2.95 bits per heavy atom. The predicted octanol–water partition coefficient (Wildman–Crippen LogP) is 1.61. The molecule has 0 aromatic heterocycles. The van der Waals surface area contributed by atoms with Gasteiger partial charge in [0.25, 0.3) is 5.91 Å². The lowest BCUT2D eigenvalue weighted by Gasteiger charge is -2.25. The molecule has 0 bridgehead atoms. The van der Waals surface area contributed by atoms with Gasteiger partial charge in [-0.05, 0) is 44.5 Å². The van der Waals surface area contributed by atoms with E-state index < -0.39 is 0 Å². The van der Waals surface area contributed by atoms with E-state index in [1.54, 1.807) is 24.1 Å². The number of nitrogens with zero attached hydrogens (tertiary/aromatic N) is 1. The second-order valence-electron chi connectivity index (χ2n) is 5.02. The van der Waals surface area contributed by atoms with Crippen molar-refractivity contribution >= 4 is 5.91 Å². The summed E-state index contributed by atoms with van der Waals surface area (Å²) >= 11 is 0. The predicted molar refractivity (Wildman–Crippen MR) is 77.3 cm³/mol. The molecule has 1 heterocycles. The third kappa shape index (κ3) is 3.22. The van der Waals surface area contributed by atoms with Crippen LogP contribution in [0.15, 0.2) is 18.2 Å². The van der Waals surface area contributed by atoms with Crippen molar-refractivity contribution in [2.75, 3.05) is 26.7 Å². The fourth-order valence-electron chi connectivity index (χ4n) is 2.52. The van der Waals surface area contributed by atoms with Crippen molar-refractivity contribution in [2.24, 2.45) is 0 Å². The summed E-state index contributed by atoms with van der Waals surface area (Å²) in [7, 11) is 1.54. The van der Waals surface area contributed by atoms with Crippen LogP contribution in [0.1, 0.15) is 30.1 Å². The maximum Gasteiger partial charge on any atom is 0.257 e. The number of hydrogen-bond acceptors (Lipinski definition) is 4. The SMILES string of the molecule is CCN(CC1CCCN1)C(=O)c1cc(OC)ccc1O. The van der Waals surface area contributed by atoms with E-state index in [1.165, 1.54) is 6.07 Å². The molecule has 110 valence electrons. The van der Waals surface area contributed by atoms with Crippen molar-refractivity contribution in [1.29, 1.82) is 0 Å². The fourth-order valence-corrected chi connectivity index (χ4v) is 2.52. The summed E-state index contributed by atoms with van der Waals surface area (Å²) in [6.45, 7) is 4.25. The molecule has 2 N–H and O–H groups in total. The van der Waals surface area contributed by atoms with Crippen LogP contribution in [-0.2, 0) is 0 Å². The second-order valence-corrected chi connectivity index (χ2v) is 5.02. The number of carbonyl (C=O) groups excluding carboxylic acids is 1. The van der Waals surface area contributed by atoms with Crippen LogP contribution in [-0.4, -0.2) is 48.7 Å². The quantitative estimate of drug-likeness (QED) is 0.859. The molecule has 1 unspecified atom stereocenters. The molecular formula is C15H22N2O3. The molecule has 1 saturated heterocycles. The highest BCUT2D eigenvalue weighted by atomic mass is 16.5. The van der Waals surface area contributed by atoms with Gasteiger partial charge in [0.2, 0.25) is 0 Å². The van der Waals surface area contributed by atoms with Crippen molar-refractivity contribution in [3.05, 3.63) is 23.8 Å². The van der Waals surface area contributed by atoms with Gasteiger partial charge >= 0.3 is 0 Å². The number of likely N-dealkylation sites (N-methyl/N-ethyl adjacent to an activating group) is 1. The fraction of sp³-hybridized carbons (Fsp3) is 0.533. The number of phenols is 1. The molecule has 1 fully saturated rings. The number of nitrogens with one attached hydrogen (secondary N) is 1. The van der Waals surface area contributed by atoms with Crippen LogP contribution >= 0.6 is 0 Å². The number of amides is 1. The van der Waals surface area contributed by atoms with E-state index in [4.69, 9.17) is 4.74 Å². The van der Waals surface area contributed by atoms with Gasteiger partial charge in [0.15, 0.2) is 0 Å². The number of aromatic hydroxyl groups is 1. The van der Waals surface area contributed by atoms with E-state index in [0.717, 1.165) is 19.4 Å². The van der Waals surface area contributed by atoms with Crippen LogP contribution < -0.4 is 10.1 Å². The Balaban J connectivity index is 2.14. The van der Waals surface area contributed by atoms with E-state index in [-0.39, 0.29) is 11.7 Å². The first-order valence-corrected chi connectivity index (χ1v) is 7.05. The molecule has 1 aliphatic heterocycles. The van der Waals surface area contributed by atoms with Crippen molar-refractivity contribution in [3.8, 4) is 11.5 Å². The molecule has 5 heteroatoms. The van der Waals surface area contributed by atoms with Crippen LogP contribution in [0.2, 0.25) is 0 Å². The van der Waals surface area contributed by atoms with Crippen LogP contribution in [0.5, 0.6) is 11.5 Å². The third-order valence-corrected chi connectivity index (χ3v) is 3.71. The van der Waals surface area contributed by atoms with Gasteiger partial charge in [-0.2, -0.15) is 0 Å². The Kier molecular flexibility index (Phi) is 4.84. The van der Waals surface area contributed by atoms with Crippen LogP contribution in [0.4, 0.5) is 0 Å². The van der Waals surface area contributed by atoms with Gasteiger partial charge < -0.3 is 20.1 Å². The van der Waals surface area contributed by atoms with Crippen LogP contribution in [0.3, 0.4) is 0 Å². The van der Waals surface area contributed by atoms with Gasteiger partial charge in [-0.25, -0.2) is 0 Å². The number of phenolic OH excluding ortho intramolecular Hbond substituents is 1. The lowest BCUT2D eigenvalue weighted by atomic mass is 10.1. The van der Waals surface area contributed by atoms with E-state index >= 15 is 0 Å². The van der Waals surface area contributed by atoms with Crippen LogP contribution in [0, 0.1) is 0 Å². The summed E-state index contributed by atoms with van der Waals surface area (Å²) in [5, 5.41) is 13.3. The number of ether oxygens (including phenoxy) is 1. The summed E-state index contributed by atoms with van der Waals surface area (Å²) in [5.41, 5.74) is 0.296. The van der Waals surface area contributed by atoms with E-state index in [0.29, 0.717) is 30.4 Å². The normalized spacial score (nSPS) is 18.0. The van der Waals surface area contributed by atoms with Gasteiger partial charge in [-0.3, -0.25) is 4.79 Å². The Bertz CT molecular complexity index is 470. The zero-order valence-electron chi connectivity index (χ0n) is 12.1. The molecule has 1 aliphatic rings. The number of rotatable bonds is 5. The highest BCUT2D eigenvalue weighted by molar-refractivity contribution is 5.97. The number of hydrogen-bond donors (Lipinski definition) is 2.